The predicted molar refractivity (Wildman–Crippen MR) is 125 cm³/mol. The van der Waals surface area contributed by atoms with E-state index in [-0.39, 0.29) is 22.3 Å². The molecule has 0 aliphatic carbocycles. The number of hydrogen-bond acceptors (Lipinski definition) is 10. The lowest BCUT2D eigenvalue weighted by Crippen LogP contribution is -2.52. The number of anilines is 1. The van der Waals surface area contributed by atoms with Crippen molar-refractivity contribution in [3.8, 4) is 5.75 Å². The van der Waals surface area contributed by atoms with Crippen LogP contribution in [0.2, 0.25) is 5.28 Å². The second-order valence-corrected chi connectivity index (χ2v) is 8.54. The van der Waals surface area contributed by atoms with Crippen molar-refractivity contribution in [2.45, 2.75) is 43.6 Å². The molecule has 1 aliphatic rings. The lowest BCUT2D eigenvalue weighted by Gasteiger charge is -2.27. The largest absolute Gasteiger partial charge is 0.494 e. The summed E-state index contributed by atoms with van der Waals surface area (Å²) in [6, 6.07) is 6.14. The molecule has 0 spiro atoms. The van der Waals surface area contributed by atoms with Gasteiger partial charge in [-0.2, -0.15) is 9.97 Å². The molecule has 3 aromatic rings. The Kier molecular flexibility index (Phi) is 7.45. The number of carbonyl (C=O) groups is 2. The molecular weight excluding hydrogens is 517 g/mol. The van der Waals surface area contributed by atoms with Crippen LogP contribution in [0.5, 0.6) is 5.75 Å². The van der Waals surface area contributed by atoms with Crippen molar-refractivity contribution in [3.05, 3.63) is 41.4 Å². The van der Waals surface area contributed by atoms with Crippen LogP contribution in [0.15, 0.2) is 30.6 Å². The number of halogens is 2. The van der Waals surface area contributed by atoms with E-state index in [9.17, 15) is 24.9 Å². The van der Waals surface area contributed by atoms with Gasteiger partial charge in [-0.15, -0.1) is 0 Å². The molecule has 4 atom stereocenters. The summed E-state index contributed by atoms with van der Waals surface area (Å²) in [5.74, 6) is -3.09. The fourth-order valence-corrected chi connectivity index (χ4v) is 4.13. The molecule has 15 heteroatoms. The summed E-state index contributed by atoms with van der Waals surface area (Å²) >= 11 is 5.84. The van der Waals surface area contributed by atoms with E-state index < -0.39 is 55.2 Å². The van der Waals surface area contributed by atoms with Crippen LogP contribution in [-0.2, 0) is 25.5 Å². The Balaban J connectivity index is 1.54. The smallest absolute Gasteiger partial charge is 0.348 e. The molecule has 0 bridgehead atoms. The molecule has 1 aliphatic heterocycles. The van der Waals surface area contributed by atoms with Gasteiger partial charge < -0.3 is 35.3 Å². The maximum absolute atomic E-state index is 15.1. The zero-order chi connectivity index (χ0) is 26.9. The second kappa shape index (κ2) is 10.4. The topological polar surface area (TPSA) is 192 Å². The van der Waals surface area contributed by atoms with Gasteiger partial charge in [0, 0.05) is 6.42 Å². The molecule has 5 N–H and O–H groups in total. The molecule has 1 fully saturated rings. The highest BCUT2D eigenvalue weighted by Gasteiger charge is 2.52. The monoisotopic (exact) mass is 539 g/mol. The van der Waals surface area contributed by atoms with Crippen LogP contribution in [0, 0.1) is 0 Å². The number of nitrogen functional groups attached to an aromatic ring is 1. The second-order valence-electron chi connectivity index (χ2n) is 8.20. The zero-order valence-electron chi connectivity index (χ0n) is 19.3. The highest BCUT2D eigenvalue weighted by atomic mass is 35.5. The number of aliphatic carboxylic acids is 2. The Morgan fingerprint density at radius 3 is 2.54 bits per heavy atom. The van der Waals surface area contributed by atoms with Crippen LogP contribution in [0.25, 0.3) is 11.2 Å². The van der Waals surface area contributed by atoms with Crippen molar-refractivity contribution in [2.75, 3.05) is 18.9 Å². The van der Waals surface area contributed by atoms with E-state index in [1.807, 2.05) is 0 Å². The molecule has 0 unspecified atom stereocenters. The van der Waals surface area contributed by atoms with Gasteiger partial charge in [-0.1, -0.05) is 12.1 Å². The Morgan fingerprint density at radius 1 is 1.24 bits per heavy atom. The number of alkyl halides is 1. The standard InChI is InChI=1S/C22H23ClFN5O8/c1-2-35-11-5-3-10(4-6-11)7-22(19(31)32,20(33)34)36-8-12-15(30)13(24)18(37-12)29-9-26-14-16(25)27-21(23)28-17(14)29/h3-6,9,12-13,15,18,30H,2,7-8H2,1H3,(H,31,32)(H,33,34)(H2,25,27,28)/t12-,13+,15-,18-/m1/s1. The Hall–Kier alpha value is -3.59. The molecule has 37 heavy (non-hydrogen) atoms. The number of nitrogens with zero attached hydrogens (tertiary/aromatic N) is 4. The summed E-state index contributed by atoms with van der Waals surface area (Å²) < 4.78 is 32.5. The van der Waals surface area contributed by atoms with Crippen molar-refractivity contribution in [2.24, 2.45) is 0 Å². The predicted octanol–water partition coefficient (Wildman–Crippen LogP) is 1.22. The first-order valence-corrected chi connectivity index (χ1v) is 11.4. The Morgan fingerprint density at radius 2 is 1.92 bits per heavy atom. The van der Waals surface area contributed by atoms with Gasteiger partial charge >= 0.3 is 11.9 Å². The highest BCUT2D eigenvalue weighted by molar-refractivity contribution is 6.28. The number of aliphatic hydroxyl groups is 1. The summed E-state index contributed by atoms with van der Waals surface area (Å²) in [6.45, 7) is 1.46. The lowest BCUT2D eigenvalue weighted by atomic mass is 9.94. The van der Waals surface area contributed by atoms with Crippen LogP contribution in [0.3, 0.4) is 0 Å². The van der Waals surface area contributed by atoms with E-state index in [1.165, 1.54) is 18.5 Å². The third-order valence-electron chi connectivity index (χ3n) is 5.86. The summed E-state index contributed by atoms with van der Waals surface area (Å²) in [6.07, 6.45) is -6.10. The van der Waals surface area contributed by atoms with Gasteiger partial charge in [0.1, 0.15) is 23.5 Å². The number of fused-ring (bicyclic) bond motifs is 1. The summed E-state index contributed by atoms with van der Waals surface area (Å²) in [7, 11) is 0. The molecule has 4 rings (SSSR count). The van der Waals surface area contributed by atoms with Crippen molar-refractivity contribution in [1.29, 1.82) is 0 Å². The molecule has 2 aromatic heterocycles. The molecule has 13 nitrogen and oxygen atoms in total. The van der Waals surface area contributed by atoms with E-state index in [4.69, 9.17) is 31.5 Å². The minimum Gasteiger partial charge on any atom is -0.494 e. The lowest BCUT2D eigenvalue weighted by molar-refractivity contribution is -0.190. The first-order valence-electron chi connectivity index (χ1n) is 11.0. The molecule has 1 saturated heterocycles. The fourth-order valence-electron chi connectivity index (χ4n) is 3.96. The summed E-state index contributed by atoms with van der Waals surface area (Å²) in [5.41, 5.74) is 3.53. The number of carboxylic acid groups (broad SMARTS) is 2. The molecule has 0 saturated carbocycles. The zero-order valence-corrected chi connectivity index (χ0v) is 20.1. The van der Waals surface area contributed by atoms with Gasteiger partial charge in [0.05, 0.1) is 19.5 Å². The van der Waals surface area contributed by atoms with Crippen LogP contribution < -0.4 is 10.5 Å². The van der Waals surface area contributed by atoms with E-state index >= 15 is 4.39 Å². The van der Waals surface area contributed by atoms with E-state index in [0.717, 1.165) is 4.57 Å². The first kappa shape index (κ1) is 26.5. The fraction of sp³-hybridized carbons (Fsp3) is 0.409. The van der Waals surface area contributed by atoms with Crippen LogP contribution in [0.4, 0.5) is 10.2 Å². The number of ether oxygens (including phenoxy) is 3. The third-order valence-corrected chi connectivity index (χ3v) is 6.03. The van der Waals surface area contributed by atoms with Crippen molar-refractivity contribution in [1.82, 2.24) is 19.5 Å². The normalized spacial score (nSPS) is 21.8. The van der Waals surface area contributed by atoms with Crippen LogP contribution in [-0.4, -0.2) is 84.0 Å². The number of nitrogens with two attached hydrogens (primary N) is 1. The van der Waals surface area contributed by atoms with Gasteiger partial charge in [-0.25, -0.2) is 19.0 Å². The van der Waals surface area contributed by atoms with E-state index in [0.29, 0.717) is 17.9 Å². The summed E-state index contributed by atoms with van der Waals surface area (Å²) in [5, 5.41) is 29.8. The minimum absolute atomic E-state index is 0.0415. The molecule has 3 heterocycles. The van der Waals surface area contributed by atoms with Gasteiger partial charge in [0.15, 0.2) is 23.9 Å². The van der Waals surface area contributed by atoms with E-state index in [1.54, 1.807) is 19.1 Å². The number of hydrogen-bond donors (Lipinski definition) is 4. The number of aromatic nitrogens is 4. The van der Waals surface area contributed by atoms with Crippen LogP contribution >= 0.6 is 11.6 Å². The van der Waals surface area contributed by atoms with E-state index in [2.05, 4.69) is 15.0 Å². The Bertz CT molecular complexity index is 1290. The SMILES string of the molecule is CCOc1ccc(CC(OC[C@H]2O[C@@H](n3cnc4c(N)nc(Cl)nc43)[C@@H](F)[C@@H]2O)(C(=O)O)C(=O)O)cc1. The van der Waals surface area contributed by atoms with Gasteiger partial charge in [-0.05, 0) is 36.2 Å². The summed E-state index contributed by atoms with van der Waals surface area (Å²) in [4.78, 5) is 35.9. The highest BCUT2D eigenvalue weighted by Crippen LogP contribution is 2.35. The molecular formula is C22H23ClFN5O8. The van der Waals surface area contributed by atoms with Crippen molar-refractivity contribution in [3.63, 3.8) is 0 Å². The molecule has 1 aromatic carbocycles. The maximum atomic E-state index is 15.1. The average molecular weight is 540 g/mol. The van der Waals surface area contributed by atoms with Crippen molar-refractivity contribution < 1.29 is 43.5 Å². The number of rotatable bonds is 10. The van der Waals surface area contributed by atoms with Gasteiger partial charge in [0.25, 0.3) is 5.60 Å². The van der Waals surface area contributed by atoms with Crippen LogP contribution in [0.1, 0.15) is 18.7 Å². The van der Waals surface area contributed by atoms with Gasteiger partial charge in [0.2, 0.25) is 5.28 Å². The quantitative estimate of drug-likeness (QED) is 0.213. The number of carboxylic acids is 2. The number of imidazole rings is 1. The average Bonchev–Trinajstić information content (AvgIpc) is 3.38. The maximum Gasteiger partial charge on any atom is 0.348 e. The van der Waals surface area contributed by atoms with Gasteiger partial charge in [-0.3, -0.25) is 4.57 Å². The third kappa shape index (κ3) is 5.00. The number of benzene rings is 1. The minimum atomic E-state index is -2.74. The molecule has 0 radical (unpaired) electrons. The Labute approximate surface area is 213 Å². The molecule has 0 amide bonds. The van der Waals surface area contributed by atoms with Crippen molar-refractivity contribution >= 4 is 40.5 Å². The first-order chi connectivity index (χ1) is 17.6. The number of aliphatic hydroxyl groups excluding tert-OH is 1. The molecule has 198 valence electrons.